The first-order valence-electron chi connectivity index (χ1n) is 12.5. The van der Waals surface area contributed by atoms with Crippen LogP contribution in [0.4, 0.5) is 10.6 Å². The Morgan fingerprint density at radius 2 is 2.00 bits per heavy atom. The summed E-state index contributed by atoms with van der Waals surface area (Å²) < 4.78 is 14.4. The number of piperazine rings is 1. The SMILES string of the molecule is Cc1ccnc(C(C)C)c1-n1c(=O)nc2c3c(cc(Br)cc31)OC[C@@H]1CN(C(=O)OC(C)(C)C)CCN21. The van der Waals surface area contributed by atoms with E-state index in [4.69, 9.17) is 9.47 Å². The average molecular weight is 570 g/mol. The number of hydrogen-bond acceptors (Lipinski definition) is 7. The van der Waals surface area contributed by atoms with Crippen LogP contribution in [0.1, 0.15) is 51.8 Å². The summed E-state index contributed by atoms with van der Waals surface area (Å²) in [7, 11) is 0. The largest absolute Gasteiger partial charge is 0.490 e. The zero-order valence-electron chi connectivity index (χ0n) is 22.0. The monoisotopic (exact) mass is 569 g/mol. The molecule has 1 amide bonds. The summed E-state index contributed by atoms with van der Waals surface area (Å²) in [6.07, 6.45) is 1.43. The first-order valence-corrected chi connectivity index (χ1v) is 13.3. The number of hydrogen-bond donors (Lipinski definition) is 0. The number of carbonyl (C=O) groups excluding carboxylic acids is 1. The highest BCUT2D eigenvalue weighted by molar-refractivity contribution is 9.10. The smallest absolute Gasteiger partial charge is 0.410 e. The highest BCUT2D eigenvalue weighted by Gasteiger charge is 2.37. The number of benzene rings is 1. The number of rotatable bonds is 2. The van der Waals surface area contributed by atoms with Crippen molar-refractivity contribution < 1.29 is 14.3 Å². The van der Waals surface area contributed by atoms with Gasteiger partial charge in [-0.2, -0.15) is 4.98 Å². The number of nitrogens with zero attached hydrogens (tertiary/aromatic N) is 5. The molecule has 1 saturated heterocycles. The zero-order valence-corrected chi connectivity index (χ0v) is 23.6. The van der Waals surface area contributed by atoms with Gasteiger partial charge in [0.1, 0.15) is 23.8 Å². The lowest BCUT2D eigenvalue weighted by Crippen LogP contribution is -2.57. The van der Waals surface area contributed by atoms with E-state index in [9.17, 15) is 9.59 Å². The number of carbonyl (C=O) groups is 1. The number of ether oxygens (including phenoxy) is 2. The Morgan fingerprint density at radius 3 is 2.70 bits per heavy atom. The summed E-state index contributed by atoms with van der Waals surface area (Å²) in [6, 6.07) is 5.58. The second-order valence-corrected chi connectivity index (χ2v) is 11.9. The van der Waals surface area contributed by atoms with Gasteiger partial charge in [-0.15, -0.1) is 0 Å². The molecule has 10 heteroatoms. The fraction of sp³-hybridized carbons (Fsp3) is 0.481. The lowest BCUT2D eigenvalue weighted by Gasteiger charge is -2.41. The quantitative estimate of drug-likeness (QED) is 0.438. The molecule has 9 nitrogen and oxygen atoms in total. The van der Waals surface area contributed by atoms with E-state index in [1.165, 1.54) is 0 Å². The van der Waals surface area contributed by atoms with Crippen molar-refractivity contribution in [1.82, 2.24) is 19.4 Å². The van der Waals surface area contributed by atoms with Gasteiger partial charge < -0.3 is 19.3 Å². The number of anilines is 1. The van der Waals surface area contributed by atoms with Crippen molar-refractivity contribution in [2.75, 3.05) is 31.1 Å². The minimum absolute atomic E-state index is 0.111. The molecule has 0 bridgehead atoms. The molecular formula is C27H32BrN5O4. The van der Waals surface area contributed by atoms with Gasteiger partial charge in [0, 0.05) is 30.3 Å². The molecule has 2 aromatic heterocycles. The van der Waals surface area contributed by atoms with E-state index in [1.807, 2.05) is 45.9 Å². The molecule has 1 fully saturated rings. The molecule has 1 atom stereocenters. The first-order chi connectivity index (χ1) is 17.4. The molecular weight excluding hydrogens is 538 g/mol. The maximum Gasteiger partial charge on any atom is 0.410 e. The van der Waals surface area contributed by atoms with Crippen molar-refractivity contribution in [1.29, 1.82) is 0 Å². The molecule has 37 heavy (non-hydrogen) atoms. The van der Waals surface area contributed by atoms with Crippen molar-refractivity contribution in [3.05, 3.63) is 50.6 Å². The van der Waals surface area contributed by atoms with Gasteiger partial charge in [-0.05, 0) is 57.4 Å². The normalized spacial score (nSPS) is 17.5. The Morgan fingerprint density at radius 1 is 1.24 bits per heavy atom. The summed E-state index contributed by atoms with van der Waals surface area (Å²) in [6.45, 7) is 13.4. The maximum atomic E-state index is 13.8. The zero-order chi connectivity index (χ0) is 26.6. The number of amides is 1. The van der Waals surface area contributed by atoms with Crippen LogP contribution in [0.15, 0.2) is 33.7 Å². The lowest BCUT2D eigenvalue weighted by molar-refractivity contribution is 0.0202. The van der Waals surface area contributed by atoms with Crippen molar-refractivity contribution in [3.63, 3.8) is 0 Å². The molecule has 5 rings (SSSR count). The summed E-state index contributed by atoms with van der Waals surface area (Å²) in [4.78, 5) is 39.6. The van der Waals surface area contributed by atoms with E-state index >= 15 is 0 Å². The number of pyridine rings is 1. The van der Waals surface area contributed by atoms with Gasteiger partial charge >= 0.3 is 11.8 Å². The molecule has 2 aliphatic rings. The highest BCUT2D eigenvalue weighted by atomic mass is 79.9. The van der Waals surface area contributed by atoms with Gasteiger partial charge in [-0.3, -0.25) is 9.55 Å². The molecule has 1 aromatic carbocycles. The lowest BCUT2D eigenvalue weighted by atomic mass is 10.0. The van der Waals surface area contributed by atoms with Crippen LogP contribution in [0, 0.1) is 6.92 Å². The minimum Gasteiger partial charge on any atom is -0.490 e. The second-order valence-electron chi connectivity index (χ2n) is 11.0. The van der Waals surface area contributed by atoms with Crippen LogP contribution in [0.3, 0.4) is 0 Å². The number of aromatic nitrogens is 3. The van der Waals surface area contributed by atoms with E-state index in [2.05, 4.69) is 44.6 Å². The van der Waals surface area contributed by atoms with Crippen molar-refractivity contribution in [2.24, 2.45) is 0 Å². The van der Waals surface area contributed by atoms with Gasteiger partial charge in [0.2, 0.25) is 0 Å². The molecule has 0 saturated carbocycles. The van der Waals surface area contributed by atoms with Crippen LogP contribution < -0.4 is 15.3 Å². The van der Waals surface area contributed by atoms with E-state index in [-0.39, 0.29) is 23.7 Å². The van der Waals surface area contributed by atoms with E-state index < -0.39 is 5.60 Å². The average Bonchev–Trinajstić information content (AvgIpc) is 2.95. The number of aryl methyl sites for hydroxylation is 1. The predicted molar refractivity (Wildman–Crippen MR) is 146 cm³/mol. The third-order valence-electron chi connectivity index (χ3n) is 6.67. The molecule has 196 valence electrons. The molecule has 3 aromatic rings. The Hall–Kier alpha value is -3.14. The van der Waals surface area contributed by atoms with Gasteiger partial charge in [0.25, 0.3) is 0 Å². The predicted octanol–water partition coefficient (Wildman–Crippen LogP) is 4.79. The van der Waals surface area contributed by atoms with E-state index in [0.717, 1.165) is 26.8 Å². The molecule has 0 unspecified atom stereocenters. The molecule has 0 radical (unpaired) electrons. The summed E-state index contributed by atoms with van der Waals surface area (Å²) in [5, 5.41) is 0.772. The molecule has 2 aliphatic heterocycles. The Kier molecular flexibility index (Phi) is 6.42. The summed E-state index contributed by atoms with van der Waals surface area (Å²) in [5.74, 6) is 1.34. The fourth-order valence-electron chi connectivity index (χ4n) is 5.05. The van der Waals surface area contributed by atoms with Crippen LogP contribution >= 0.6 is 15.9 Å². The fourth-order valence-corrected chi connectivity index (χ4v) is 5.47. The van der Waals surface area contributed by atoms with Gasteiger partial charge in [-0.25, -0.2) is 9.59 Å². The minimum atomic E-state index is -0.575. The molecule has 4 heterocycles. The van der Waals surface area contributed by atoms with Crippen molar-refractivity contribution >= 4 is 38.7 Å². The van der Waals surface area contributed by atoms with Crippen LogP contribution in [0.5, 0.6) is 5.75 Å². The number of fused-ring (bicyclic) bond motifs is 2. The van der Waals surface area contributed by atoms with Crippen LogP contribution in [0.2, 0.25) is 0 Å². The molecule has 0 N–H and O–H groups in total. The Bertz CT molecular complexity index is 1450. The van der Waals surface area contributed by atoms with Crippen LogP contribution in [-0.2, 0) is 4.74 Å². The van der Waals surface area contributed by atoms with E-state index in [0.29, 0.717) is 43.3 Å². The summed E-state index contributed by atoms with van der Waals surface area (Å²) in [5.41, 5.74) is 2.28. The van der Waals surface area contributed by atoms with Gasteiger partial charge in [-0.1, -0.05) is 29.8 Å². The topological polar surface area (TPSA) is 89.8 Å². The first kappa shape index (κ1) is 25.5. The van der Waals surface area contributed by atoms with Gasteiger partial charge in [0.05, 0.1) is 28.3 Å². The molecule has 0 aliphatic carbocycles. The Balaban J connectivity index is 1.65. The van der Waals surface area contributed by atoms with Crippen molar-refractivity contribution in [2.45, 2.75) is 59.1 Å². The number of halogens is 1. The standard InChI is InChI=1S/C27H32BrN5O4/c1-15(2)22-23(16(3)7-8-29-22)33-19-11-17(28)12-20-21(19)24(30-25(33)34)32-10-9-31(13-18(32)14-36-20)26(35)37-27(4,5)6/h7-8,11-12,15,18H,9-10,13-14H2,1-6H3/t18-/m0/s1. The third-order valence-corrected chi connectivity index (χ3v) is 7.12. The second kappa shape index (κ2) is 9.31. The summed E-state index contributed by atoms with van der Waals surface area (Å²) >= 11 is 3.61. The van der Waals surface area contributed by atoms with Crippen molar-refractivity contribution in [3.8, 4) is 11.4 Å². The van der Waals surface area contributed by atoms with E-state index in [1.54, 1.807) is 15.7 Å². The van der Waals surface area contributed by atoms with Crippen LogP contribution in [-0.4, -0.2) is 63.4 Å². The molecule has 0 spiro atoms. The van der Waals surface area contributed by atoms with Crippen LogP contribution in [0.25, 0.3) is 16.6 Å². The highest BCUT2D eigenvalue weighted by Crippen LogP contribution is 2.40. The Labute approximate surface area is 224 Å². The maximum absolute atomic E-state index is 13.8. The third kappa shape index (κ3) is 4.67. The van der Waals surface area contributed by atoms with Gasteiger partial charge in [0.15, 0.2) is 0 Å².